The van der Waals surface area contributed by atoms with Crippen LogP contribution in [0.25, 0.3) is 22.9 Å². The number of anilines is 3. The van der Waals surface area contributed by atoms with Gasteiger partial charge < -0.3 is 24.5 Å². The van der Waals surface area contributed by atoms with E-state index in [0.717, 1.165) is 53.7 Å². The van der Waals surface area contributed by atoms with E-state index in [1.807, 2.05) is 42.7 Å². The topological polar surface area (TPSA) is 101 Å². The lowest BCUT2D eigenvalue weighted by molar-refractivity contribution is 0.0984. The third kappa shape index (κ3) is 3.73. The number of aromatic nitrogens is 5. The monoisotopic (exact) mass is 455 g/mol. The van der Waals surface area contributed by atoms with Gasteiger partial charge in [0, 0.05) is 48.4 Å². The fourth-order valence-corrected chi connectivity index (χ4v) is 4.61. The van der Waals surface area contributed by atoms with Crippen molar-refractivity contribution in [1.29, 1.82) is 0 Å². The highest BCUT2D eigenvalue weighted by molar-refractivity contribution is 5.72. The average Bonchev–Trinajstić information content (AvgIpc) is 3.34. The zero-order chi connectivity index (χ0) is 23.1. The molecule has 5 heterocycles. The van der Waals surface area contributed by atoms with Crippen molar-refractivity contribution in [3.63, 3.8) is 0 Å². The van der Waals surface area contributed by atoms with Gasteiger partial charge in [-0.25, -0.2) is 15.0 Å². The molecule has 2 aliphatic heterocycles. The maximum absolute atomic E-state index is 11.6. The first-order valence-electron chi connectivity index (χ1n) is 11.5. The Morgan fingerprint density at radius 1 is 1.12 bits per heavy atom. The molecule has 172 valence electrons. The lowest BCUT2D eigenvalue weighted by Crippen LogP contribution is -2.45. The number of hydrogen-bond donors (Lipinski definition) is 2. The average molecular weight is 456 g/mol. The summed E-state index contributed by atoms with van der Waals surface area (Å²) in [6, 6.07) is 13.2. The molecular formula is C25H25N7O2. The van der Waals surface area contributed by atoms with Crippen LogP contribution in [0, 0.1) is 0 Å². The van der Waals surface area contributed by atoms with Crippen molar-refractivity contribution in [2.45, 2.75) is 25.9 Å². The largest absolute Gasteiger partial charge is 0.377 e. The Morgan fingerprint density at radius 2 is 2.00 bits per heavy atom. The normalized spacial score (nSPS) is 17.2. The zero-order valence-corrected chi connectivity index (χ0v) is 18.9. The number of pyridine rings is 1. The highest BCUT2D eigenvalue weighted by Crippen LogP contribution is 2.36. The second-order valence-electron chi connectivity index (χ2n) is 8.64. The molecule has 9 nitrogen and oxygen atoms in total. The van der Waals surface area contributed by atoms with E-state index < -0.39 is 0 Å². The highest BCUT2D eigenvalue weighted by atomic mass is 16.5. The van der Waals surface area contributed by atoms with Crippen LogP contribution in [-0.4, -0.2) is 50.3 Å². The standard InChI is InChI=1S/C25H25N7O2/c1-16-15-34-14-13-32(16)24-19-9-11-31-12-10-26-25(31)22(19)29-23(30-24)17-5-7-18(8-6-17)27-20-3-2-4-21(33)28-20/h2-8,10,12,16H,9,11,13-15H2,1H3,(H2,27,28,33). The number of imidazole rings is 1. The Labute approximate surface area is 196 Å². The summed E-state index contributed by atoms with van der Waals surface area (Å²) in [7, 11) is 0. The Kier molecular flexibility index (Phi) is 5.10. The van der Waals surface area contributed by atoms with Crippen LogP contribution in [0.5, 0.6) is 0 Å². The van der Waals surface area contributed by atoms with Gasteiger partial charge in [0.1, 0.15) is 17.3 Å². The van der Waals surface area contributed by atoms with Gasteiger partial charge in [0.05, 0.1) is 19.3 Å². The number of nitrogens with one attached hydrogen (secondary N) is 2. The minimum atomic E-state index is -0.146. The Hall–Kier alpha value is -3.98. The van der Waals surface area contributed by atoms with Gasteiger partial charge in [-0.05, 0) is 43.7 Å². The number of aryl methyl sites for hydroxylation is 1. The SMILES string of the molecule is CC1COCCN1c1nc(-c2ccc(Nc3cccc(=O)[nH]3)cc2)nc2c1CCn1ccnc1-2. The maximum Gasteiger partial charge on any atom is 0.249 e. The number of morpholine rings is 1. The second-order valence-corrected chi connectivity index (χ2v) is 8.64. The van der Waals surface area contributed by atoms with Crippen molar-refractivity contribution in [2.75, 3.05) is 30.0 Å². The lowest BCUT2D eigenvalue weighted by Gasteiger charge is -2.36. The third-order valence-corrected chi connectivity index (χ3v) is 6.35. The number of hydrogen-bond acceptors (Lipinski definition) is 7. The summed E-state index contributed by atoms with van der Waals surface area (Å²) in [5.74, 6) is 3.18. The summed E-state index contributed by atoms with van der Waals surface area (Å²) in [6.07, 6.45) is 4.71. The second kappa shape index (κ2) is 8.42. The van der Waals surface area contributed by atoms with Crippen LogP contribution in [0.3, 0.4) is 0 Å². The Balaban J connectivity index is 1.40. The molecule has 2 aliphatic rings. The van der Waals surface area contributed by atoms with Crippen LogP contribution in [0.1, 0.15) is 12.5 Å². The van der Waals surface area contributed by atoms with Crippen LogP contribution < -0.4 is 15.8 Å². The van der Waals surface area contributed by atoms with E-state index in [1.54, 1.807) is 6.07 Å². The summed E-state index contributed by atoms with van der Waals surface area (Å²) in [5.41, 5.74) is 3.69. The van der Waals surface area contributed by atoms with Gasteiger partial charge in [-0.1, -0.05) is 6.07 Å². The molecule has 1 atom stereocenters. The number of benzene rings is 1. The summed E-state index contributed by atoms with van der Waals surface area (Å²) in [5, 5.41) is 3.22. The summed E-state index contributed by atoms with van der Waals surface area (Å²) in [6.45, 7) is 5.22. The van der Waals surface area contributed by atoms with Crippen molar-refractivity contribution < 1.29 is 4.74 Å². The van der Waals surface area contributed by atoms with E-state index in [4.69, 9.17) is 14.7 Å². The zero-order valence-electron chi connectivity index (χ0n) is 18.9. The van der Waals surface area contributed by atoms with Gasteiger partial charge in [0.15, 0.2) is 11.6 Å². The fourth-order valence-electron chi connectivity index (χ4n) is 4.61. The number of fused-ring (bicyclic) bond motifs is 3. The number of aromatic amines is 1. The molecule has 0 saturated carbocycles. The van der Waals surface area contributed by atoms with Gasteiger partial charge >= 0.3 is 0 Å². The van der Waals surface area contributed by atoms with Gasteiger partial charge in [-0.2, -0.15) is 0 Å². The molecule has 0 bridgehead atoms. The van der Waals surface area contributed by atoms with Crippen LogP contribution in [0.2, 0.25) is 0 Å². The molecule has 0 radical (unpaired) electrons. The van der Waals surface area contributed by atoms with E-state index in [9.17, 15) is 4.79 Å². The molecule has 1 unspecified atom stereocenters. The van der Waals surface area contributed by atoms with Crippen LogP contribution in [-0.2, 0) is 17.7 Å². The number of ether oxygens (including phenoxy) is 1. The molecule has 6 rings (SSSR count). The molecule has 3 aromatic heterocycles. The summed E-state index contributed by atoms with van der Waals surface area (Å²) in [4.78, 5) is 31.3. The van der Waals surface area contributed by atoms with Crippen LogP contribution in [0.15, 0.2) is 59.7 Å². The van der Waals surface area contributed by atoms with Gasteiger partial charge in [0.2, 0.25) is 5.56 Å². The van der Waals surface area contributed by atoms with E-state index in [-0.39, 0.29) is 11.6 Å². The first kappa shape index (κ1) is 20.6. The number of rotatable bonds is 4. The molecule has 1 saturated heterocycles. The van der Waals surface area contributed by atoms with Crippen molar-refractivity contribution in [3.8, 4) is 22.9 Å². The van der Waals surface area contributed by atoms with Crippen LogP contribution in [0.4, 0.5) is 17.3 Å². The van der Waals surface area contributed by atoms with E-state index >= 15 is 0 Å². The summed E-state index contributed by atoms with van der Waals surface area (Å²) < 4.78 is 7.83. The molecular weight excluding hydrogens is 430 g/mol. The predicted octanol–water partition coefficient (Wildman–Crippen LogP) is 3.22. The minimum Gasteiger partial charge on any atom is -0.377 e. The molecule has 4 aromatic rings. The van der Waals surface area contributed by atoms with Gasteiger partial charge in [0.25, 0.3) is 0 Å². The Morgan fingerprint density at radius 3 is 2.82 bits per heavy atom. The first-order valence-corrected chi connectivity index (χ1v) is 11.5. The molecule has 9 heteroatoms. The molecule has 1 fully saturated rings. The molecule has 0 aliphatic carbocycles. The van der Waals surface area contributed by atoms with Crippen molar-refractivity contribution in [3.05, 3.63) is 70.8 Å². The van der Waals surface area contributed by atoms with E-state index in [2.05, 4.69) is 31.7 Å². The van der Waals surface area contributed by atoms with Gasteiger partial charge in [-0.3, -0.25) is 4.79 Å². The molecule has 1 aromatic carbocycles. The fraction of sp³-hybridized carbons (Fsp3) is 0.280. The van der Waals surface area contributed by atoms with Crippen molar-refractivity contribution in [1.82, 2.24) is 24.5 Å². The predicted molar refractivity (Wildman–Crippen MR) is 130 cm³/mol. The highest BCUT2D eigenvalue weighted by Gasteiger charge is 2.29. The van der Waals surface area contributed by atoms with E-state index in [0.29, 0.717) is 24.9 Å². The Bertz CT molecular complexity index is 1390. The van der Waals surface area contributed by atoms with Crippen LogP contribution >= 0.6 is 0 Å². The van der Waals surface area contributed by atoms with Gasteiger partial charge in [-0.15, -0.1) is 0 Å². The molecule has 0 spiro atoms. The molecule has 34 heavy (non-hydrogen) atoms. The quantitative estimate of drug-likeness (QED) is 0.487. The first-order chi connectivity index (χ1) is 16.7. The maximum atomic E-state index is 11.6. The molecule has 0 amide bonds. The number of H-pyrrole nitrogens is 1. The molecule has 2 N–H and O–H groups in total. The third-order valence-electron chi connectivity index (χ3n) is 6.35. The smallest absolute Gasteiger partial charge is 0.249 e. The van der Waals surface area contributed by atoms with E-state index in [1.165, 1.54) is 6.07 Å². The van der Waals surface area contributed by atoms with Crippen molar-refractivity contribution in [2.24, 2.45) is 0 Å². The van der Waals surface area contributed by atoms with Crippen molar-refractivity contribution >= 4 is 17.3 Å². The minimum absolute atomic E-state index is 0.146. The summed E-state index contributed by atoms with van der Waals surface area (Å²) >= 11 is 0. The lowest BCUT2D eigenvalue weighted by atomic mass is 10.0. The number of nitrogens with zero attached hydrogens (tertiary/aromatic N) is 5.